The number of halogens is 3. The maximum Gasteiger partial charge on any atom is 0.201 e. The molecule has 0 bridgehead atoms. The molecule has 29 heavy (non-hydrogen) atoms. The van der Waals surface area contributed by atoms with Gasteiger partial charge in [0.1, 0.15) is 5.52 Å². The number of hydroxylamine groups is 1. The third kappa shape index (κ3) is 4.64. The van der Waals surface area contributed by atoms with Gasteiger partial charge in [0.15, 0.2) is 17.5 Å². The average molecular weight is 423 g/mol. The van der Waals surface area contributed by atoms with E-state index in [1.165, 1.54) is 12.1 Å². The van der Waals surface area contributed by atoms with Crippen LogP contribution in [-0.4, -0.2) is 53.1 Å². The van der Waals surface area contributed by atoms with Crippen LogP contribution in [0.5, 0.6) is 0 Å². The summed E-state index contributed by atoms with van der Waals surface area (Å²) in [5.74, 6) is -2.49. The van der Waals surface area contributed by atoms with Gasteiger partial charge in [-0.2, -0.15) is 0 Å². The van der Waals surface area contributed by atoms with E-state index in [9.17, 15) is 14.0 Å². The van der Waals surface area contributed by atoms with E-state index in [-0.39, 0.29) is 28.2 Å². The van der Waals surface area contributed by atoms with Gasteiger partial charge in [-0.15, -0.1) is 0 Å². The van der Waals surface area contributed by atoms with Crippen LogP contribution < -0.4 is 10.4 Å². The molecular weight excluding hydrogens is 402 g/mol. The lowest BCUT2D eigenvalue weighted by molar-refractivity contribution is 0.312. The van der Waals surface area contributed by atoms with Crippen LogP contribution in [0.3, 0.4) is 0 Å². The minimum Gasteiger partial charge on any atom is -0.356 e. The lowest BCUT2D eigenvalue weighted by Crippen LogP contribution is -2.27. The molecule has 2 aromatic carbocycles. The Hall–Kier alpha value is -2.75. The van der Waals surface area contributed by atoms with E-state index in [4.69, 9.17) is 17.0 Å². The molecule has 0 radical (unpaired) electrons. The lowest BCUT2D eigenvalue weighted by Gasteiger charge is -2.18. The van der Waals surface area contributed by atoms with E-state index in [2.05, 4.69) is 15.3 Å². The molecule has 0 unspecified atom stereocenters. The van der Waals surface area contributed by atoms with Crippen molar-refractivity contribution in [3.05, 3.63) is 52.6 Å². The molecule has 0 spiro atoms. The molecule has 10 heteroatoms. The first-order chi connectivity index (χ1) is 13.8. The van der Waals surface area contributed by atoms with Gasteiger partial charge in [-0.05, 0) is 51.3 Å². The van der Waals surface area contributed by atoms with E-state index in [1.54, 1.807) is 12.1 Å². The Balaban J connectivity index is 1.92. The van der Waals surface area contributed by atoms with Crippen LogP contribution in [0.1, 0.15) is 12.0 Å². The normalized spacial score (nSPS) is 11.3. The number of hydrogen-bond donors (Lipinski definition) is 4. The second-order valence-corrected chi connectivity index (χ2v) is 7.19. The number of fused-ring (bicyclic) bond motifs is 1. The Kier molecular flexibility index (Phi) is 6.31. The monoisotopic (exact) mass is 422 g/mol. The topological polar surface area (TPSA) is 91.3 Å². The molecule has 0 amide bonds. The Morgan fingerprint density at radius 2 is 2.07 bits per heavy atom. The van der Waals surface area contributed by atoms with Crippen molar-refractivity contribution in [1.82, 2.24) is 14.9 Å². The van der Waals surface area contributed by atoms with E-state index < -0.39 is 17.5 Å². The van der Waals surface area contributed by atoms with Crippen LogP contribution in [0.2, 0.25) is 5.02 Å². The summed E-state index contributed by atoms with van der Waals surface area (Å²) in [6.07, 6.45) is 0.822. The van der Waals surface area contributed by atoms with Crippen molar-refractivity contribution in [2.75, 3.05) is 37.6 Å². The zero-order valence-corrected chi connectivity index (χ0v) is 16.7. The molecule has 3 aromatic rings. The number of nitrogens with zero attached hydrogens (tertiary/aromatic N) is 3. The molecule has 0 saturated carbocycles. The molecule has 3 rings (SSSR count). The van der Waals surface area contributed by atoms with Gasteiger partial charge in [-0.1, -0.05) is 17.7 Å². The van der Waals surface area contributed by atoms with Gasteiger partial charge in [0.2, 0.25) is 5.95 Å². The third-order valence-corrected chi connectivity index (χ3v) is 4.49. The molecule has 0 fully saturated rings. The Morgan fingerprint density at radius 1 is 1.31 bits per heavy atom. The summed E-state index contributed by atoms with van der Waals surface area (Å²) in [6, 6.07) is 7.03. The number of benzene rings is 2. The fraction of sp³-hybridized carbons (Fsp3) is 0.263. The molecule has 7 nitrogen and oxygen atoms in total. The Bertz CT molecular complexity index is 1040. The minimum atomic E-state index is -1.16. The molecule has 0 atom stereocenters. The first kappa shape index (κ1) is 21.0. The minimum absolute atomic E-state index is 0.0461. The summed E-state index contributed by atoms with van der Waals surface area (Å²) in [4.78, 5) is 8.97. The standard InChI is InChI=1S/C19H21ClF2N6O/c1-27(2)8-4-7-24-19-25-16-13(10-14(21)15(22)17(16)26-19)18(23)28(29)12-6-3-5-11(20)9-12/h3,5-6,9-10,23,29H,4,7-8H2,1-2H3,(H2,24,25,26). The molecule has 154 valence electrons. The summed E-state index contributed by atoms with van der Waals surface area (Å²) in [5.41, 5.74) is 0.0154. The maximum absolute atomic E-state index is 14.3. The number of anilines is 2. The first-order valence-corrected chi connectivity index (χ1v) is 9.25. The van der Waals surface area contributed by atoms with Gasteiger partial charge in [0.25, 0.3) is 0 Å². The van der Waals surface area contributed by atoms with Crippen LogP contribution in [0.4, 0.5) is 20.4 Å². The number of rotatable bonds is 7. The van der Waals surface area contributed by atoms with Crippen LogP contribution >= 0.6 is 11.6 Å². The fourth-order valence-corrected chi connectivity index (χ4v) is 3.01. The highest BCUT2D eigenvalue weighted by Gasteiger charge is 2.22. The van der Waals surface area contributed by atoms with Crippen molar-refractivity contribution in [1.29, 1.82) is 5.41 Å². The summed E-state index contributed by atoms with van der Waals surface area (Å²) in [7, 11) is 3.91. The molecule has 4 N–H and O–H groups in total. The van der Waals surface area contributed by atoms with Gasteiger partial charge in [-0.25, -0.2) is 18.8 Å². The highest BCUT2D eigenvalue weighted by atomic mass is 35.5. The molecular formula is C19H21ClF2N6O. The van der Waals surface area contributed by atoms with E-state index in [0.29, 0.717) is 16.6 Å². The number of imidazole rings is 1. The average Bonchev–Trinajstić information content (AvgIpc) is 3.11. The number of aromatic nitrogens is 2. The van der Waals surface area contributed by atoms with Crippen molar-refractivity contribution in [3.63, 3.8) is 0 Å². The van der Waals surface area contributed by atoms with Gasteiger partial charge in [0.05, 0.1) is 11.2 Å². The van der Waals surface area contributed by atoms with Crippen LogP contribution in [0, 0.1) is 17.0 Å². The maximum atomic E-state index is 14.3. The smallest absolute Gasteiger partial charge is 0.201 e. The number of nitrogens with one attached hydrogen (secondary N) is 3. The Labute approximate surface area is 171 Å². The SMILES string of the molecule is CN(C)CCCNc1nc2c(F)c(F)cc(C(=N)N(O)c3cccc(Cl)c3)c2[nH]1. The predicted molar refractivity (Wildman–Crippen MR) is 110 cm³/mol. The largest absolute Gasteiger partial charge is 0.356 e. The Morgan fingerprint density at radius 3 is 2.76 bits per heavy atom. The van der Waals surface area contributed by atoms with Crippen LogP contribution in [0.25, 0.3) is 11.0 Å². The van der Waals surface area contributed by atoms with E-state index in [0.717, 1.165) is 19.0 Å². The zero-order chi connectivity index (χ0) is 21.1. The van der Waals surface area contributed by atoms with E-state index >= 15 is 0 Å². The molecule has 0 saturated heterocycles. The summed E-state index contributed by atoms with van der Waals surface area (Å²) in [5, 5.41) is 22.6. The molecule has 1 heterocycles. The fourth-order valence-electron chi connectivity index (χ4n) is 2.83. The van der Waals surface area contributed by atoms with E-state index in [1.807, 2.05) is 19.0 Å². The molecule has 0 aliphatic rings. The highest BCUT2D eigenvalue weighted by molar-refractivity contribution is 6.31. The number of amidine groups is 1. The van der Waals surface area contributed by atoms with Crippen molar-refractivity contribution >= 4 is 40.1 Å². The number of H-pyrrole nitrogens is 1. The third-order valence-electron chi connectivity index (χ3n) is 4.26. The van der Waals surface area contributed by atoms with Crippen molar-refractivity contribution in [2.24, 2.45) is 0 Å². The quantitative estimate of drug-likeness (QED) is 0.199. The van der Waals surface area contributed by atoms with Gasteiger partial charge in [0, 0.05) is 17.1 Å². The van der Waals surface area contributed by atoms with Crippen molar-refractivity contribution < 1.29 is 14.0 Å². The second-order valence-electron chi connectivity index (χ2n) is 6.75. The van der Waals surface area contributed by atoms with Crippen LogP contribution in [0.15, 0.2) is 30.3 Å². The molecule has 1 aromatic heterocycles. The van der Waals surface area contributed by atoms with Crippen LogP contribution in [-0.2, 0) is 0 Å². The lowest BCUT2D eigenvalue weighted by atomic mass is 10.1. The van der Waals surface area contributed by atoms with Gasteiger partial charge in [-0.3, -0.25) is 10.6 Å². The summed E-state index contributed by atoms with van der Waals surface area (Å²) in [6.45, 7) is 1.43. The first-order valence-electron chi connectivity index (χ1n) is 8.87. The highest BCUT2D eigenvalue weighted by Crippen LogP contribution is 2.27. The number of hydrogen-bond acceptors (Lipinski definition) is 5. The summed E-state index contributed by atoms with van der Waals surface area (Å²) >= 11 is 5.92. The predicted octanol–water partition coefficient (Wildman–Crippen LogP) is 4.08. The molecule has 0 aliphatic heterocycles. The van der Waals surface area contributed by atoms with Crippen molar-refractivity contribution in [3.8, 4) is 0 Å². The van der Waals surface area contributed by atoms with Gasteiger partial charge < -0.3 is 15.2 Å². The molecule has 0 aliphatic carbocycles. The zero-order valence-electron chi connectivity index (χ0n) is 15.9. The summed E-state index contributed by atoms with van der Waals surface area (Å²) < 4.78 is 28.4. The number of aromatic amines is 1. The van der Waals surface area contributed by atoms with Gasteiger partial charge >= 0.3 is 0 Å². The second kappa shape index (κ2) is 8.73. The van der Waals surface area contributed by atoms with Crippen molar-refractivity contribution in [2.45, 2.75) is 6.42 Å².